The van der Waals surface area contributed by atoms with Gasteiger partial charge in [-0.2, -0.15) is 5.26 Å². The number of allylic oxidation sites excluding steroid dienone is 1. The van der Waals surface area contributed by atoms with Crippen molar-refractivity contribution >= 4 is 29.2 Å². The normalized spacial score (nSPS) is 20.3. The molecule has 0 radical (unpaired) electrons. The lowest BCUT2D eigenvalue weighted by atomic mass is 9.75. The van der Waals surface area contributed by atoms with Crippen molar-refractivity contribution in [3.05, 3.63) is 46.2 Å². The zero-order valence-corrected chi connectivity index (χ0v) is 14.1. The molecule has 5 nitrogen and oxygen atoms in total. The third kappa shape index (κ3) is 3.71. The van der Waals surface area contributed by atoms with E-state index in [-0.39, 0.29) is 11.5 Å². The number of nitriles is 1. The van der Waals surface area contributed by atoms with E-state index in [9.17, 15) is 19.2 Å². The fraction of sp³-hybridized carbons (Fsp3) is 0.294. The summed E-state index contributed by atoms with van der Waals surface area (Å²) in [6, 6.07) is 7.80. The maximum atomic E-state index is 13.2. The first-order valence-corrected chi connectivity index (χ1v) is 8.20. The zero-order valence-electron chi connectivity index (χ0n) is 13.2. The Balaban J connectivity index is 2.57. The lowest BCUT2D eigenvalue weighted by Crippen LogP contribution is -2.31. The molecule has 124 valence electrons. The van der Waals surface area contributed by atoms with Gasteiger partial charge in [-0.3, -0.25) is 9.59 Å². The number of Topliss-reactive ketones (excluding diaryl/α,β-unsaturated/α-hetero) is 1. The van der Waals surface area contributed by atoms with Crippen LogP contribution in [0.2, 0.25) is 0 Å². The van der Waals surface area contributed by atoms with E-state index in [1.807, 2.05) is 0 Å². The largest absolute Gasteiger partial charge is 0.369 e. The lowest BCUT2D eigenvalue weighted by Gasteiger charge is -2.30. The third-order valence-corrected chi connectivity index (χ3v) is 4.75. The Bertz CT molecular complexity index is 778. The lowest BCUT2D eigenvalue weighted by molar-refractivity contribution is -0.119. The first-order valence-electron chi connectivity index (χ1n) is 7.21. The standard InChI is InChI=1S/C17H16FN3O2S/c1-9-15(10(2)22)16(11-3-5-12(18)6-4-11)13(7-19)17(21-9)24-8-14(20)23/h3-6,15-16H,8H2,1-2H3,(H2,20,23)/t15?,16-/m1/s1. The molecule has 2 N–H and O–H groups in total. The van der Waals surface area contributed by atoms with Crippen molar-refractivity contribution in [2.24, 2.45) is 16.6 Å². The number of hydrogen-bond acceptors (Lipinski definition) is 5. The smallest absolute Gasteiger partial charge is 0.227 e. The molecule has 1 amide bonds. The summed E-state index contributed by atoms with van der Waals surface area (Å²) in [6.07, 6.45) is 0. The number of nitrogens with zero attached hydrogens (tertiary/aromatic N) is 2. The van der Waals surface area contributed by atoms with Crippen LogP contribution in [0.3, 0.4) is 0 Å². The topological polar surface area (TPSA) is 96.3 Å². The second kappa shape index (κ2) is 7.41. The van der Waals surface area contributed by atoms with Crippen LogP contribution in [0.4, 0.5) is 4.39 Å². The molecule has 2 rings (SSSR count). The Labute approximate surface area is 143 Å². The van der Waals surface area contributed by atoms with Gasteiger partial charge in [-0.05, 0) is 31.5 Å². The number of rotatable bonds is 5. The summed E-state index contributed by atoms with van der Waals surface area (Å²) < 4.78 is 13.2. The van der Waals surface area contributed by atoms with Gasteiger partial charge in [0, 0.05) is 11.6 Å². The highest BCUT2D eigenvalue weighted by Gasteiger charge is 2.37. The molecule has 24 heavy (non-hydrogen) atoms. The number of carbonyl (C=O) groups is 2. The van der Waals surface area contributed by atoms with E-state index < -0.39 is 23.6 Å². The van der Waals surface area contributed by atoms with Crippen molar-refractivity contribution < 1.29 is 14.0 Å². The molecule has 0 saturated carbocycles. The molecular weight excluding hydrogens is 329 g/mol. The quantitative estimate of drug-likeness (QED) is 0.887. The van der Waals surface area contributed by atoms with Gasteiger partial charge in [-0.1, -0.05) is 23.9 Å². The van der Waals surface area contributed by atoms with E-state index in [1.54, 1.807) is 19.1 Å². The summed E-state index contributed by atoms with van der Waals surface area (Å²) in [5, 5.41) is 9.98. The third-order valence-electron chi connectivity index (χ3n) is 3.74. The molecular formula is C17H16FN3O2S. The number of ketones is 1. The minimum absolute atomic E-state index is 0.0157. The van der Waals surface area contributed by atoms with E-state index in [0.717, 1.165) is 11.8 Å². The average Bonchev–Trinajstić information content (AvgIpc) is 2.52. The molecule has 1 heterocycles. The average molecular weight is 345 g/mol. The molecule has 0 aliphatic carbocycles. The highest BCUT2D eigenvalue weighted by Crippen LogP contribution is 2.42. The summed E-state index contributed by atoms with van der Waals surface area (Å²) in [5.74, 6) is -2.21. The van der Waals surface area contributed by atoms with Crippen LogP contribution in [0.5, 0.6) is 0 Å². The number of primary amides is 1. The van der Waals surface area contributed by atoms with Crippen molar-refractivity contribution in [1.82, 2.24) is 0 Å². The molecule has 2 atom stereocenters. The maximum Gasteiger partial charge on any atom is 0.227 e. The summed E-state index contributed by atoms with van der Waals surface area (Å²) in [6.45, 7) is 3.15. The van der Waals surface area contributed by atoms with Gasteiger partial charge in [0.05, 0.1) is 23.3 Å². The molecule has 0 bridgehead atoms. The number of nitrogens with two attached hydrogens (primary N) is 1. The molecule has 0 spiro atoms. The van der Waals surface area contributed by atoms with Crippen LogP contribution in [0.15, 0.2) is 39.9 Å². The predicted molar refractivity (Wildman–Crippen MR) is 90.7 cm³/mol. The Morgan fingerprint density at radius 2 is 2.00 bits per heavy atom. The number of carbonyl (C=O) groups excluding carboxylic acids is 2. The Morgan fingerprint density at radius 3 is 2.50 bits per heavy atom. The van der Waals surface area contributed by atoms with Crippen molar-refractivity contribution in [3.63, 3.8) is 0 Å². The van der Waals surface area contributed by atoms with Gasteiger partial charge >= 0.3 is 0 Å². The number of benzene rings is 1. The van der Waals surface area contributed by atoms with Gasteiger partial charge in [0.2, 0.25) is 5.91 Å². The molecule has 1 aromatic rings. The SMILES string of the molecule is CC(=O)C1C(C)=NC(SCC(N)=O)=C(C#N)[C@H]1c1ccc(F)cc1. The van der Waals surface area contributed by atoms with E-state index in [4.69, 9.17) is 5.73 Å². The zero-order chi connectivity index (χ0) is 17.9. The van der Waals surface area contributed by atoms with Gasteiger partial charge < -0.3 is 5.73 Å². The fourth-order valence-corrected chi connectivity index (χ4v) is 3.57. The van der Waals surface area contributed by atoms with Crippen LogP contribution >= 0.6 is 11.8 Å². The Morgan fingerprint density at radius 1 is 1.38 bits per heavy atom. The van der Waals surface area contributed by atoms with Crippen LogP contribution in [0, 0.1) is 23.1 Å². The Hall–Kier alpha value is -2.46. The second-order valence-corrected chi connectivity index (χ2v) is 6.42. The first kappa shape index (κ1) is 17.9. The number of hydrogen-bond donors (Lipinski definition) is 1. The van der Waals surface area contributed by atoms with Gasteiger partial charge in [0.25, 0.3) is 0 Å². The Kier molecular flexibility index (Phi) is 5.52. The highest BCUT2D eigenvalue weighted by atomic mass is 32.2. The van der Waals surface area contributed by atoms with Crippen molar-refractivity contribution in [1.29, 1.82) is 5.26 Å². The van der Waals surface area contributed by atoms with Crippen molar-refractivity contribution in [2.75, 3.05) is 5.75 Å². The van der Waals surface area contributed by atoms with E-state index in [0.29, 0.717) is 21.9 Å². The van der Waals surface area contributed by atoms with E-state index in [1.165, 1.54) is 19.1 Å². The first-order chi connectivity index (χ1) is 11.3. The van der Waals surface area contributed by atoms with Crippen LogP contribution in [-0.4, -0.2) is 23.2 Å². The predicted octanol–water partition coefficient (Wildman–Crippen LogP) is 2.54. The summed E-state index contributed by atoms with van der Waals surface area (Å²) in [7, 11) is 0. The summed E-state index contributed by atoms with van der Waals surface area (Å²) >= 11 is 1.07. The molecule has 1 aliphatic rings. The van der Waals surface area contributed by atoms with E-state index in [2.05, 4.69) is 11.1 Å². The summed E-state index contributed by atoms with van der Waals surface area (Å²) in [5.41, 5.74) is 6.66. The monoisotopic (exact) mass is 345 g/mol. The fourth-order valence-electron chi connectivity index (χ4n) is 2.76. The number of halogens is 1. The van der Waals surface area contributed by atoms with E-state index >= 15 is 0 Å². The molecule has 1 aliphatic heterocycles. The molecule has 0 saturated heterocycles. The van der Waals surface area contributed by atoms with Crippen LogP contribution in [0.1, 0.15) is 25.3 Å². The van der Waals surface area contributed by atoms with Gasteiger partial charge in [-0.15, -0.1) is 0 Å². The van der Waals surface area contributed by atoms with Crippen LogP contribution < -0.4 is 5.73 Å². The minimum Gasteiger partial charge on any atom is -0.369 e. The second-order valence-electron chi connectivity index (χ2n) is 5.46. The van der Waals surface area contributed by atoms with Gasteiger partial charge in [-0.25, -0.2) is 9.38 Å². The molecule has 0 fully saturated rings. The number of amides is 1. The van der Waals surface area contributed by atoms with Crippen molar-refractivity contribution in [3.8, 4) is 6.07 Å². The van der Waals surface area contributed by atoms with Crippen molar-refractivity contribution in [2.45, 2.75) is 19.8 Å². The number of aliphatic imine (C=N–C) groups is 1. The molecule has 1 aromatic carbocycles. The molecule has 1 unspecified atom stereocenters. The van der Waals surface area contributed by atoms with Crippen LogP contribution in [-0.2, 0) is 9.59 Å². The van der Waals surface area contributed by atoms with Gasteiger partial charge in [0.15, 0.2) is 0 Å². The van der Waals surface area contributed by atoms with Gasteiger partial charge in [0.1, 0.15) is 16.6 Å². The summed E-state index contributed by atoms with van der Waals surface area (Å²) in [4.78, 5) is 27.5. The maximum absolute atomic E-state index is 13.2. The number of thioether (sulfide) groups is 1. The highest BCUT2D eigenvalue weighted by molar-refractivity contribution is 8.03. The molecule has 7 heteroatoms. The molecule has 0 aromatic heterocycles. The van der Waals surface area contributed by atoms with Crippen LogP contribution in [0.25, 0.3) is 0 Å². The minimum atomic E-state index is -0.594.